The van der Waals surface area contributed by atoms with Gasteiger partial charge < -0.3 is 24.9 Å². The number of amides is 1. The Balaban J connectivity index is 1.79. The van der Waals surface area contributed by atoms with E-state index in [0.29, 0.717) is 19.6 Å². The summed E-state index contributed by atoms with van der Waals surface area (Å²) in [5.41, 5.74) is -0.217. The summed E-state index contributed by atoms with van der Waals surface area (Å²) in [6.07, 6.45) is 2.40. The lowest BCUT2D eigenvalue weighted by atomic mass is 9.88. The second-order valence-electron chi connectivity index (χ2n) is 7.71. The standard InChI is InChI=1S/C21H31N3O4/c1-15(18(27-2)17-9-6-10-22-17)19(26)24-21(14-25,20-23-11-12-28-20)13-16-7-4-3-5-8-16/h3-5,7-8,14-15,17-18,20,22-23H,6,9-13H2,1-2H3,(H,24,26)/t15-,17+,18-,20?,21-/m1/s1. The van der Waals surface area contributed by atoms with E-state index in [-0.39, 0.29) is 18.1 Å². The van der Waals surface area contributed by atoms with Gasteiger partial charge >= 0.3 is 0 Å². The second kappa shape index (κ2) is 9.60. The molecule has 1 amide bonds. The van der Waals surface area contributed by atoms with Gasteiger partial charge in [-0.25, -0.2) is 0 Å². The number of carbonyl (C=O) groups is 2. The van der Waals surface area contributed by atoms with E-state index in [1.807, 2.05) is 37.3 Å². The van der Waals surface area contributed by atoms with Crippen molar-refractivity contribution in [2.24, 2.45) is 5.92 Å². The van der Waals surface area contributed by atoms with E-state index in [1.54, 1.807) is 7.11 Å². The molecule has 2 aliphatic heterocycles. The van der Waals surface area contributed by atoms with Crippen molar-refractivity contribution < 1.29 is 19.1 Å². The van der Waals surface area contributed by atoms with Crippen LogP contribution in [0.4, 0.5) is 0 Å². The molecule has 3 rings (SSSR count). The summed E-state index contributed by atoms with van der Waals surface area (Å²) in [5.74, 6) is -0.613. The lowest BCUT2D eigenvalue weighted by Crippen LogP contribution is -2.64. The van der Waals surface area contributed by atoms with Crippen molar-refractivity contribution in [2.45, 2.75) is 50.1 Å². The SMILES string of the molecule is CO[C@@H]([C@@H]1CCCN1)[C@@H](C)C(=O)N[C@@](C=O)(Cc1ccccc1)C1NCCO1. The van der Waals surface area contributed by atoms with Gasteiger partial charge in [-0.2, -0.15) is 0 Å². The van der Waals surface area contributed by atoms with Crippen LogP contribution in [0.2, 0.25) is 0 Å². The van der Waals surface area contributed by atoms with Crippen LogP contribution in [0.25, 0.3) is 0 Å². The Bertz CT molecular complexity index is 644. The Kier molecular flexibility index (Phi) is 7.18. The molecule has 0 aliphatic carbocycles. The summed E-state index contributed by atoms with van der Waals surface area (Å²) in [5, 5.41) is 9.61. The van der Waals surface area contributed by atoms with E-state index in [9.17, 15) is 9.59 Å². The number of aldehydes is 1. The van der Waals surface area contributed by atoms with E-state index in [2.05, 4.69) is 16.0 Å². The number of hydrogen-bond donors (Lipinski definition) is 3. The molecule has 2 heterocycles. The minimum atomic E-state index is -1.18. The summed E-state index contributed by atoms with van der Waals surface area (Å²) in [6.45, 7) is 3.94. The zero-order chi connectivity index (χ0) is 20.0. The molecule has 0 aromatic heterocycles. The fraction of sp³-hybridized carbons (Fsp3) is 0.619. The van der Waals surface area contributed by atoms with Crippen molar-refractivity contribution in [3.63, 3.8) is 0 Å². The molecule has 0 spiro atoms. The summed E-state index contributed by atoms with van der Waals surface area (Å²) in [7, 11) is 1.63. The first-order valence-corrected chi connectivity index (χ1v) is 10.0. The Morgan fingerprint density at radius 1 is 1.36 bits per heavy atom. The highest BCUT2D eigenvalue weighted by Crippen LogP contribution is 2.23. The predicted octanol–water partition coefficient (Wildman–Crippen LogP) is 0.632. The Morgan fingerprint density at radius 2 is 2.14 bits per heavy atom. The maximum atomic E-state index is 13.2. The largest absolute Gasteiger partial charge is 0.379 e. The lowest BCUT2D eigenvalue weighted by molar-refractivity contribution is -0.137. The number of nitrogens with one attached hydrogen (secondary N) is 3. The quantitative estimate of drug-likeness (QED) is 0.537. The summed E-state index contributed by atoms with van der Waals surface area (Å²) in [6, 6.07) is 9.81. The number of hydrogen-bond acceptors (Lipinski definition) is 6. The number of ether oxygens (including phenoxy) is 2. The summed E-state index contributed by atoms with van der Waals surface area (Å²) in [4.78, 5) is 25.5. The van der Waals surface area contributed by atoms with Crippen LogP contribution in [0, 0.1) is 5.92 Å². The van der Waals surface area contributed by atoms with E-state index < -0.39 is 17.7 Å². The van der Waals surface area contributed by atoms with E-state index in [4.69, 9.17) is 9.47 Å². The van der Waals surface area contributed by atoms with Crippen molar-refractivity contribution in [3.05, 3.63) is 35.9 Å². The summed E-state index contributed by atoms with van der Waals surface area (Å²) < 4.78 is 11.4. The Hall–Kier alpha value is -1.80. The Labute approximate surface area is 166 Å². The average molecular weight is 389 g/mol. The van der Waals surface area contributed by atoms with Gasteiger partial charge in [-0.1, -0.05) is 37.3 Å². The average Bonchev–Trinajstić information content (AvgIpc) is 3.43. The van der Waals surface area contributed by atoms with Gasteiger partial charge in [0.25, 0.3) is 0 Å². The van der Waals surface area contributed by atoms with Crippen molar-refractivity contribution >= 4 is 12.2 Å². The highest BCUT2D eigenvalue weighted by Gasteiger charge is 2.45. The predicted molar refractivity (Wildman–Crippen MR) is 106 cm³/mol. The van der Waals surface area contributed by atoms with Crippen LogP contribution in [0.1, 0.15) is 25.3 Å². The lowest BCUT2D eigenvalue weighted by Gasteiger charge is -2.36. The molecular weight excluding hydrogens is 358 g/mol. The molecule has 7 heteroatoms. The van der Waals surface area contributed by atoms with Gasteiger partial charge in [0.1, 0.15) is 18.1 Å². The highest BCUT2D eigenvalue weighted by molar-refractivity contribution is 5.84. The molecule has 3 N–H and O–H groups in total. The molecule has 5 atom stereocenters. The monoisotopic (exact) mass is 389 g/mol. The molecule has 2 saturated heterocycles. The van der Waals surface area contributed by atoms with E-state index in [0.717, 1.165) is 31.2 Å². The first-order chi connectivity index (χ1) is 13.6. The molecule has 1 unspecified atom stereocenters. The number of benzene rings is 1. The van der Waals surface area contributed by atoms with Crippen molar-refractivity contribution in [3.8, 4) is 0 Å². The maximum absolute atomic E-state index is 13.2. The van der Waals surface area contributed by atoms with Crippen LogP contribution < -0.4 is 16.0 Å². The minimum Gasteiger partial charge on any atom is -0.379 e. The molecule has 1 aromatic rings. The molecular formula is C21H31N3O4. The minimum absolute atomic E-state index is 0.145. The van der Waals surface area contributed by atoms with Gasteiger partial charge in [0, 0.05) is 26.1 Å². The second-order valence-corrected chi connectivity index (χ2v) is 7.71. The third-order valence-electron chi connectivity index (χ3n) is 5.76. The zero-order valence-electron chi connectivity index (χ0n) is 16.6. The van der Waals surface area contributed by atoms with Gasteiger partial charge in [-0.05, 0) is 24.9 Å². The maximum Gasteiger partial charge on any atom is 0.226 e. The number of carbonyl (C=O) groups excluding carboxylic acids is 2. The fourth-order valence-corrected chi connectivity index (χ4v) is 4.23. The number of rotatable bonds is 9. The molecule has 2 fully saturated rings. The van der Waals surface area contributed by atoms with Gasteiger partial charge in [-0.15, -0.1) is 0 Å². The van der Waals surface area contributed by atoms with E-state index in [1.165, 1.54) is 0 Å². The van der Waals surface area contributed by atoms with Crippen LogP contribution in [-0.4, -0.2) is 62.9 Å². The smallest absolute Gasteiger partial charge is 0.226 e. The first kappa shape index (κ1) is 20.9. The summed E-state index contributed by atoms with van der Waals surface area (Å²) >= 11 is 0. The van der Waals surface area contributed by atoms with Crippen LogP contribution in [-0.2, 0) is 25.5 Å². The third kappa shape index (κ3) is 4.60. The molecule has 0 saturated carbocycles. The van der Waals surface area contributed by atoms with Crippen LogP contribution in [0.15, 0.2) is 30.3 Å². The Morgan fingerprint density at radius 3 is 2.71 bits per heavy atom. The van der Waals surface area contributed by atoms with Gasteiger partial charge in [0.05, 0.1) is 18.6 Å². The molecule has 1 aromatic carbocycles. The van der Waals surface area contributed by atoms with Gasteiger partial charge in [0.15, 0.2) is 0 Å². The molecule has 7 nitrogen and oxygen atoms in total. The molecule has 154 valence electrons. The third-order valence-corrected chi connectivity index (χ3v) is 5.76. The number of methoxy groups -OCH3 is 1. The van der Waals surface area contributed by atoms with E-state index >= 15 is 0 Å². The molecule has 2 aliphatic rings. The molecule has 0 bridgehead atoms. The van der Waals surface area contributed by atoms with Crippen LogP contribution in [0.5, 0.6) is 0 Å². The zero-order valence-corrected chi connectivity index (χ0v) is 16.6. The highest BCUT2D eigenvalue weighted by atomic mass is 16.5. The van der Waals surface area contributed by atoms with Gasteiger partial charge in [-0.3, -0.25) is 10.1 Å². The van der Waals surface area contributed by atoms with Crippen LogP contribution >= 0.6 is 0 Å². The van der Waals surface area contributed by atoms with Crippen LogP contribution in [0.3, 0.4) is 0 Å². The topological polar surface area (TPSA) is 88.7 Å². The van der Waals surface area contributed by atoms with Gasteiger partial charge in [0.2, 0.25) is 5.91 Å². The normalized spacial score (nSPS) is 26.4. The van der Waals surface area contributed by atoms with Crippen molar-refractivity contribution in [2.75, 3.05) is 26.8 Å². The molecule has 28 heavy (non-hydrogen) atoms. The van der Waals surface area contributed by atoms with Crippen molar-refractivity contribution in [1.29, 1.82) is 0 Å². The molecule has 0 radical (unpaired) electrons. The van der Waals surface area contributed by atoms with Crippen molar-refractivity contribution in [1.82, 2.24) is 16.0 Å². The fourth-order valence-electron chi connectivity index (χ4n) is 4.23. The first-order valence-electron chi connectivity index (χ1n) is 10.0.